The second-order valence-electron chi connectivity index (χ2n) is 6.01. The monoisotopic (exact) mass is 363 g/mol. The Balaban J connectivity index is 1.68. The largest absolute Gasteiger partial charge is 0.352 e. The number of nitrogens with zero attached hydrogens (tertiary/aromatic N) is 1. The smallest absolute Gasteiger partial charge is 0.255 e. The molecule has 1 aliphatic rings. The van der Waals surface area contributed by atoms with E-state index in [1.807, 2.05) is 0 Å². The first-order valence-corrected chi connectivity index (χ1v) is 9.71. The number of rotatable bonds is 5. The number of hydrogen-bond acceptors (Lipinski definition) is 5. The molecule has 2 aromatic rings. The Morgan fingerprint density at radius 2 is 2.12 bits per heavy atom. The van der Waals surface area contributed by atoms with Crippen LogP contribution in [-0.2, 0) is 9.84 Å². The molecule has 0 aliphatic carbocycles. The standard InChI is InChI=1S/C17H18FN3O3S/c18-13-3-1-4-14(9-13)21-16-15(5-2-7-19-16)17(22)20-10-12-6-8-25(23,24)11-12/h1-5,7,9,12H,6,8,10-11H2,(H,19,21)(H,20,22)/t12-/m0/s1. The Hall–Kier alpha value is -2.48. The van der Waals surface area contributed by atoms with Crippen LogP contribution in [0.15, 0.2) is 42.6 Å². The van der Waals surface area contributed by atoms with Crippen molar-refractivity contribution in [1.82, 2.24) is 10.3 Å². The van der Waals surface area contributed by atoms with Gasteiger partial charge in [0.1, 0.15) is 11.6 Å². The van der Waals surface area contributed by atoms with Gasteiger partial charge < -0.3 is 10.6 Å². The SMILES string of the molecule is O=C(NC[C@@H]1CCS(=O)(=O)C1)c1cccnc1Nc1cccc(F)c1. The predicted octanol–water partition coefficient (Wildman–Crippen LogP) is 2.13. The molecule has 3 rings (SSSR count). The Bertz CT molecular complexity index is 886. The number of halogens is 1. The van der Waals surface area contributed by atoms with E-state index in [2.05, 4.69) is 15.6 Å². The van der Waals surface area contributed by atoms with Crippen LogP contribution in [0.25, 0.3) is 0 Å². The number of amides is 1. The van der Waals surface area contributed by atoms with Crippen LogP contribution in [-0.4, -0.2) is 37.4 Å². The molecule has 1 aromatic heterocycles. The number of nitrogens with one attached hydrogen (secondary N) is 2. The van der Waals surface area contributed by atoms with E-state index in [1.165, 1.54) is 18.3 Å². The van der Waals surface area contributed by atoms with Crippen molar-refractivity contribution < 1.29 is 17.6 Å². The minimum absolute atomic E-state index is 0.0646. The minimum atomic E-state index is -2.97. The molecule has 2 N–H and O–H groups in total. The van der Waals surface area contributed by atoms with Crippen molar-refractivity contribution in [2.75, 3.05) is 23.4 Å². The van der Waals surface area contributed by atoms with Crippen molar-refractivity contribution in [2.45, 2.75) is 6.42 Å². The lowest BCUT2D eigenvalue weighted by atomic mass is 10.1. The molecule has 0 spiro atoms. The first kappa shape index (κ1) is 17.3. The molecule has 1 aliphatic heterocycles. The van der Waals surface area contributed by atoms with Crippen LogP contribution in [0.3, 0.4) is 0 Å². The first-order chi connectivity index (χ1) is 11.9. The van der Waals surface area contributed by atoms with Crippen molar-refractivity contribution >= 4 is 27.2 Å². The maximum atomic E-state index is 13.3. The Morgan fingerprint density at radius 3 is 2.84 bits per heavy atom. The maximum Gasteiger partial charge on any atom is 0.255 e. The molecule has 1 saturated heterocycles. The molecule has 0 saturated carbocycles. The summed E-state index contributed by atoms with van der Waals surface area (Å²) in [7, 11) is -2.97. The summed E-state index contributed by atoms with van der Waals surface area (Å²) in [5.41, 5.74) is 0.794. The van der Waals surface area contributed by atoms with E-state index < -0.39 is 15.7 Å². The van der Waals surface area contributed by atoms with Gasteiger partial charge in [-0.25, -0.2) is 17.8 Å². The Kier molecular flexibility index (Phi) is 4.98. The molecule has 8 heteroatoms. The van der Waals surface area contributed by atoms with E-state index >= 15 is 0 Å². The van der Waals surface area contributed by atoms with Gasteiger partial charge in [0.15, 0.2) is 9.84 Å². The van der Waals surface area contributed by atoms with Gasteiger partial charge in [-0.15, -0.1) is 0 Å². The molecular formula is C17H18FN3O3S. The second kappa shape index (κ2) is 7.18. The molecule has 1 fully saturated rings. The van der Waals surface area contributed by atoms with E-state index in [0.29, 0.717) is 30.0 Å². The number of sulfone groups is 1. The van der Waals surface area contributed by atoms with Gasteiger partial charge in [-0.3, -0.25) is 4.79 Å². The summed E-state index contributed by atoms with van der Waals surface area (Å²) in [6.07, 6.45) is 2.09. The fourth-order valence-corrected chi connectivity index (χ4v) is 4.62. The molecule has 1 amide bonds. The predicted molar refractivity (Wildman–Crippen MR) is 93.0 cm³/mol. The molecule has 1 aromatic carbocycles. The Morgan fingerprint density at radius 1 is 1.28 bits per heavy atom. The van der Waals surface area contributed by atoms with Crippen LogP contribution in [0.1, 0.15) is 16.8 Å². The van der Waals surface area contributed by atoms with Crippen LogP contribution in [0.4, 0.5) is 15.9 Å². The Labute approximate surface area is 145 Å². The molecule has 25 heavy (non-hydrogen) atoms. The molecule has 0 unspecified atom stereocenters. The summed E-state index contributed by atoms with van der Waals surface area (Å²) in [6, 6.07) is 9.09. The summed E-state index contributed by atoms with van der Waals surface area (Å²) in [4.78, 5) is 16.6. The zero-order valence-electron chi connectivity index (χ0n) is 13.4. The van der Waals surface area contributed by atoms with Crippen molar-refractivity contribution in [1.29, 1.82) is 0 Å². The molecule has 2 heterocycles. The van der Waals surface area contributed by atoms with Crippen molar-refractivity contribution in [3.05, 3.63) is 54.0 Å². The van der Waals surface area contributed by atoms with Gasteiger partial charge in [0.05, 0.1) is 17.1 Å². The van der Waals surface area contributed by atoms with E-state index in [9.17, 15) is 17.6 Å². The molecule has 132 valence electrons. The highest BCUT2D eigenvalue weighted by atomic mass is 32.2. The van der Waals surface area contributed by atoms with Crippen molar-refractivity contribution in [3.8, 4) is 0 Å². The van der Waals surface area contributed by atoms with E-state index in [0.717, 1.165) is 0 Å². The summed E-state index contributed by atoms with van der Waals surface area (Å²) >= 11 is 0. The number of aromatic nitrogens is 1. The zero-order valence-corrected chi connectivity index (χ0v) is 14.2. The number of anilines is 2. The van der Waals surface area contributed by atoms with Crippen LogP contribution in [0, 0.1) is 11.7 Å². The molecule has 1 atom stereocenters. The summed E-state index contributed by atoms with van der Waals surface area (Å²) in [6.45, 7) is 0.298. The topological polar surface area (TPSA) is 88.2 Å². The summed E-state index contributed by atoms with van der Waals surface area (Å²) in [5.74, 6) is -0.220. The van der Waals surface area contributed by atoms with Gasteiger partial charge in [-0.2, -0.15) is 0 Å². The fraction of sp³-hybridized carbons (Fsp3) is 0.294. The average Bonchev–Trinajstić information content (AvgIpc) is 2.92. The lowest BCUT2D eigenvalue weighted by molar-refractivity contribution is 0.0949. The quantitative estimate of drug-likeness (QED) is 0.850. The molecular weight excluding hydrogens is 345 g/mol. The zero-order chi connectivity index (χ0) is 17.9. The number of hydrogen-bond donors (Lipinski definition) is 2. The third kappa shape index (κ3) is 4.54. The van der Waals surface area contributed by atoms with Gasteiger partial charge in [-0.05, 0) is 42.7 Å². The minimum Gasteiger partial charge on any atom is -0.352 e. The lowest BCUT2D eigenvalue weighted by Gasteiger charge is -2.13. The second-order valence-corrected chi connectivity index (χ2v) is 8.24. The maximum absolute atomic E-state index is 13.3. The summed E-state index contributed by atoms with van der Waals surface area (Å²) < 4.78 is 36.3. The van der Waals surface area contributed by atoms with Gasteiger partial charge in [0.25, 0.3) is 5.91 Å². The first-order valence-electron chi connectivity index (χ1n) is 7.89. The highest BCUT2D eigenvalue weighted by Crippen LogP contribution is 2.20. The number of pyridine rings is 1. The van der Waals surface area contributed by atoms with Crippen LogP contribution >= 0.6 is 0 Å². The molecule has 0 bridgehead atoms. The molecule has 6 nitrogen and oxygen atoms in total. The third-order valence-electron chi connectivity index (χ3n) is 4.02. The van der Waals surface area contributed by atoms with E-state index in [-0.39, 0.29) is 23.3 Å². The highest BCUT2D eigenvalue weighted by molar-refractivity contribution is 7.91. The van der Waals surface area contributed by atoms with Gasteiger partial charge >= 0.3 is 0 Å². The molecule has 0 radical (unpaired) electrons. The van der Waals surface area contributed by atoms with Crippen LogP contribution in [0.2, 0.25) is 0 Å². The number of carbonyl (C=O) groups excluding carboxylic acids is 1. The fourth-order valence-electron chi connectivity index (χ4n) is 2.76. The van der Waals surface area contributed by atoms with Gasteiger partial charge in [0.2, 0.25) is 0 Å². The average molecular weight is 363 g/mol. The van der Waals surface area contributed by atoms with Crippen molar-refractivity contribution in [2.24, 2.45) is 5.92 Å². The van der Waals surface area contributed by atoms with Gasteiger partial charge in [0, 0.05) is 18.4 Å². The normalized spacial score (nSPS) is 18.7. The van der Waals surface area contributed by atoms with Crippen molar-refractivity contribution in [3.63, 3.8) is 0 Å². The lowest BCUT2D eigenvalue weighted by Crippen LogP contribution is -2.30. The third-order valence-corrected chi connectivity index (χ3v) is 5.85. The highest BCUT2D eigenvalue weighted by Gasteiger charge is 2.28. The summed E-state index contributed by atoms with van der Waals surface area (Å²) in [5, 5.41) is 5.69. The van der Waals surface area contributed by atoms with E-state index in [1.54, 1.807) is 24.3 Å². The van der Waals surface area contributed by atoms with Crippen LogP contribution in [0.5, 0.6) is 0 Å². The van der Waals surface area contributed by atoms with E-state index in [4.69, 9.17) is 0 Å². The number of carbonyl (C=O) groups is 1. The van der Waals surface area contributed by atoms with Crippen LogP contribution < -0.4 is 10.6 Å². The number of benzene rings is 1. The van der Waals surface area contributed by atoms with Gasteiger partial charge in [-0.1, -0.05) is 6.07 Å².